The Hall–Kier alpha value is -2.86. The van der Waals surface area contributed by atoms with Crippen molar-refractivity contribution < 1.29 is 4.74 Å². The quantitative estimate of drug-likeness (QED) is 0.672. The largest absolute Gasteiger partial charge is 0.496 e. The molecular formula is C18H18ClN5O. The van der Waals surface area contributed by atoms with E-state index in [1.807, 2.05) is 48.5 Å². The fraction of sp³-hybridized carbons (Fsp3) is 0.167. The van der Waals surface area contributed by atoms with E-state index in [9.17, 15) is 0 Å². The second-order valence-electron chi connectivity index (χ2n) is 5.31. The maximum Gasteiger partial charge on any atom is 0.244 e. The number of nitrogens with zero attached hydrogens (tertiary/aromatic N) is 3. The highest BCUT2D eigenvalue weighted by Crippen LogP contribution is 2.18. The maximum absolute atomic E-state index is 5.88. The van der Waals surface area contributed by atoms with Crippen LogP contribution in [0.4, 0.5) is 11.8 Å². The Morgan fingerprint density at radius 1 is 1.00 bits per heavy atom. The van der Waals surface area contributed by atoms with Gasteiger partial charge in [0.05, 0.1) is 13.3 Å². The molecule has 0 amide bonds. The van der Waals surface area contributed by atoms with Crippen LogP contribution in [0, 0.1) is 0 Å². The van der Waals surface area contributed by atoms with E-state index in [1.165, 1.54) is 0 Å². The summed E-state index contributed by atoms with van der Waals surface area (Å²) in [7, 11) is 1.66. The average Bonchev–Trinajstić information content (AvgIpc) is 2.66. The Labute approximate surface area is 151 Å². The Morgan fingerprint density at radius 2 is 1.80 bits per heavy atom. The lowest BCUT2D eigenvalue weighted by Gasteiger charge is -2.10. The number of rotatable bonds is 7. The molecule has 3 aromatic rings. The third-order valence-corrected chi connectivity index (χ3v) is 3.83. The van der Waals surface area contributed by atoms with E-state index in [4.69, 9.17) is 16.3 Å². The highest BCUT2D eigenvalue weighted by molar-refractivity contribution is 6.30. The summed E-state index contributed by atoms with van der Waals surface area (Å²) in [5, 5.41) is 15.1. The zero-order chi connectivity index (χ0) is 17.5. The second kappa shape index (κ2) is 8.30. The Morgan fingerprint density at radius 3 is 2.60 bits per heavy atom. The first kappa shape index (κ1) is 17.0. The van der Waals surface area contributed by atoms with Crippen molar-refractivity contribution in [1.82, 2.24) is 15.2 Å². The van der Waals surface area contributed by atoms with Crippen LogP contribution in [0.2, 0.25) is 5.02 Å². The predicted molar refractivity (Wildman–Crippen MR) is 98.9 cm³/mol. The molecule has 128 valence electrons. The molecule has 0 atom stereocenters. The van der Waals surface area contributed by atoms with Gasteiger partial charge in [0.25, 0.3) is 0 Å². The standard InChI is InChI=1S/C18H18ClN5O/c1-25-16-5-3-2-4-14(16)11-20-17-12-22-24-18(23-17)21-10-13-6-8-15(19)9-7-13/h2-9,12H,10-11H2,1H3,(H2,20,21,23,24). The van der Waals surface area contributed by atoms with Crippen molar-refractivity contribution in [3.8, 4) is 5.75 Å². The first-order valence-electron chi connectivity index (χ1n) is 7.78. The van der Waals surface area contributed by atoms with Gasteiger partial charge in [-0.25, -0.2) is 0 Å². The first-order chi connectivity index (χ1) is 12.2. The Kier molecular flexibility index (Phi) is 5.64. The third kappa shape index (κ3) is 4.81. The molecule has 0 spiro atoms. The summed E-state index contributed by atoms with van der Waals surface area (Å²) in [4.78, 5) is 4.41. The van der Waals surface area contributed by atoms with Crippen LogP contribution in [0.1, 0.15) is 11.1 Å². The van der Waals surface area contributed by atoms with Crippen LogP contribution < -0.4 is 15.4 Å². The third-order valence-electron chi connectivity index (χ3n) is 3.58. The van der Waals surface area contributed by atoms with Gasteiger partial charge in [0, 0.05) is 23.7 Å². The molecule has 0 aliphatic heterocycles. The number of methoxy groups -OCH3 is 1. The van der Waals surface area contributed by atoms with Gasteiger partial charge in [-0.15, -0.1) is 5.10 Å². The number of hydrogen-bond acceptors (Lipinski definition) is 6. The number of anilines is 2. The van der Waals surface area contributed by atoms with E-state index in [-0.39, 0.29) is 0 Å². The summed E-state index contributed by atoms with van der Waals surface area (Å²) in [5.41, 5.74) is 2.12. The van der Waals surface area contributed by atoms with E-state index in [2.05, 4.69) is 25.8 Å². The van der Waals surface area contributed by atoms with Crippen molar-refractivity contribution in [3.63, 3.8) is 0 Å². The molecule has 1 aromatic heterocycles. The number of nitrogens with one attached hydrogen (secondary N) is 2. The number of hydrogen-bond donors (Lipinski definition) is 2. The minimum absolute atomic E-state index is 0.458. The van der Waals surface area contributed by atoms with Crippen LogP contribution in [-0.2, 0) is 13.1 Å². The monoisotopic (exact) mass is 355 g/mol. The van der Waals surface area contributed by atoms with Crippen molar-refractivity contribution in [3.05, 3.63) is 70.9 Å². The molecule has 0 bridgehead atoms. The molecule has 1 heterocycles. The Balaban J connectivity index is 1.60. The molecule has 0 fully saturated rings. The molecule has 2 aromatic carbocycles. The van der Waals surface area contributed by atoms with Gasteiger partial charge in [0.1, 0.15) is 5.75 Å². The fourth-order valence-corrected chi connectivity index (χ4v) is 2.41. The number of halogens is 1. The maximum atomic E-state index is 5.88. The normalized spacial score (nSPS) is 10.3. The number of benzene rings is 2. The molecule has 7 heteroatoms. The number of aromatic nitrogens is 3. The zero-order valence-corrected chi connectivity index (χ0v) is 14.5. The van der Waals surface area contributed by atoms with Crippen LogP contribution in [0.5, 0.6) is 5.75 Å². The Bertz CT molecular complexity index is 826. The lowest BCUT2D eigenvalue weighted by Crippen LogP contribution is -2.08. The van der Waals surface area contributed by atoms with Crippen LogP contribution in [0.15, 0.2) is 54.7 Å². The molecule has 2 N–H and O–H groups in total. The van der Waals surface area contributed by atoms with Gasteiger partial charge >= 0.3 is 0 Å². The van der Waals surface area contributed by atoms with E-state index >= 15 is 0 Å². The van der Waals surface area contributed by atoms with Gasteiger partial charge < -0.3 is 15.4 Å². The summed E-state index contributed by atoms with van der Waals surface area (Å²) in [6.45, 7) is 1.17. The lowest BCUT2D eigenvalue weighted by molar-refractivity contribution is 0.410. The summed E-state index contributed by atoms with van der Waals surface area (Å²) in [6.07, 6.45) is 1.59. The van der Waals surface area contributed by atoms with E-state index in [0.29, 0.717) is 29.9 Å². The summed E-state index contributed by atoms with van der Waals surface area (Å²) < 4.78 is 5.34. The van der Waals surface area contributed by atoms with Crippen molar-refractivity contribution in [2.75, 3.05) is 17.7 Å². The van der Waals surface area contributed by atoms with Gasteiger partial charge in [0.2, 0.25) is 5.95 Å². The van der Waals surface area contributed by atoms with Crippen molar-refractivity contribution in [2.45, 2.75) is 13.1 Å². The van der Waals surface area contributed by atoms with Crippen LogP contribution in [0.25, 0.3) is 0 Å². The molecule has 0 saturated heterocycles. The molecule has 0 radical (unpaired) electrons. The van der Waals surface area contributed by atoms with Crippen molar-refractivity contribution >= 4 is 23.4 Å². The molecule has 0 unspecified atom stereocenters. The smallest absolute Gasteiger partial charge is 0.244 e. The number of para-hydroxylation sites is 1. The molecule has 25 heavy (non-hydrogen) atoms. The van der Waals surface area contributed by atoms with Gasteiger partial charge in [-0.1, -0.05) is 41.9 Å². The SMILES string of the molecule is COc1ccccc1CNc1cnnc(NCc2ccc(Cl)cc2)n1. The predicted octanol–water partition coefficient (Wildman–Crippen LogP) is 3.76. The van der Waals surface area contributed by atoms with Gasteiger partial charge in [-0.3, -0.25) is 0 Å². The first-order valence-corrected chi connectivity index (χ1v) is 8.16. The summed E-state index contributed by atoms with van der Waals surface area (Å²) in [6, 6.07) is 15.4. The average molecular weight is 356 g/mol. The lowest BCUT2D eigenvalue weighted by atomic mass is 10.2. The van der Waals surface area contributed by atoms with Crippen LogP contribution in [0.3, 0.4) is 0 Å². The zero-order valence-electron chi connectivity index (χ0n) is 13.7. The minimum atomic E-state index is 0.458. The molecule has 0 saturated carbocycles. The second-order valence-corrected chi connectivity index (χ2v) is 5.75. The van der Waals surface area contributed by atoms with Gasteiger partial charge in [-0.05, 0) is 23.8 Å². The highest BCUT2D eigenvalue weighted by Gasteiger charge is 2.04. The van der Waals surface area contributed by atoms with Crippen molar-refractivity contribution in [2.24, 2.45) is 0 Å². The molecule has 6 nitrogen and oxygen atoms in total. The number of ether oxygens (including phenoxy) is 1. The van der Waals surface area contributed by atoms with E-state index < -0.39 is 0 Å². The summed E-state index contributed by atoms with van der Waals surface area (Å²) in [5.74, 6) is 1.93. The van der Waals surface area contributed by atoms with Gasteiger partial charge in [0.15, 0.2) is 5.82 Å². The molecule has 0 aliphatic carbocycles. The summed E-state index contributed by atoms with van der Waals surface area (Å²) >= 11 is 5.88. The highest BCUT2D eigenvalue weighted by atomic mass is 35.5. The minimum Gasteiger partial charge on any atom is -0.496 e. The van der Waals surface area contributed by atoms with Crippen molar-refractivity contribution in [1.29, 1.82) is 0 Å². The van der Waals surface area contributed by atoms with Gasteiger partial charge in [-0.2, -0.15) is 10.1 Å². The molecule has 3 rings (SSSR count). The van der Waals surface area contributed by atoms with Crippen LogP contribution in [-0.4, -0.2) is 22.3 Å². The van der Waals surface area contributed by atoms with E-state index in [1.54, 1.807) is 13.3 Å². The molecule has 0 aliphatic rings. The topological polar surface area (TPSA) is 72.0 Å². The van der Waals surface area contributed by atoms with Crippen LogP contribution >= 0.6 is 11.6 Å². The fourth-order valence-electron chi connectivity index (χ4n) is 2.28. The van der Waals surface area contributed by atoms with E-state index in [0.717, 1.165) is 16.9 Å². The molecular weight excluding hydrogens is 338 g/mol.